The Morgan fingerprint density at radius 3 is 1.76 bits per heavy atom. The second kappa shape index (κ2) is 6.00. The summed E-state index contributed by atoms with van der Waals surface area (Å²) in [6.07, 6.45) is 0. The largest absolute Gasteiger partial charge is 0.320 e. The van der Waals surface area contributed by atoms with Crippen LogP contribution in [0.25, 0.3) is 0 Å². The normalized spacial score (nSPS) is 12.6. The molecule has 1 unspecified atom stereocenters. The van der Waals surface area contributed by atoms with Crippen molar-refractivity contribution >= 4 is 23.2 Å². The summed E-state index contributed by atoms with van der Waals surface area (Å²) >= 11 is 12.3. The highest BCUT2D eigenvalue weighted by Gasteiger charge is 2.20. The van der Waals surface area contributed by atoms with Crippen LogP contribution in [-0.2, 0) is 0 Å². The van der Waals surface area contributed by atoms with Crippen LogP contribution in [-0.4, -0.2) is 0 Å². The molecule has 2 N–H and O–H groups in total. The maximum atomic E-state index is 6.53. The molecule has 2 aromatic carbocycles. The fourth-order valence-corrected chi connectivity index (χ4v) is 3.43. The van der Waals surface area contributed by atoms with Crippen LogP contribution >= 0.6 is 23.2 Å². The minimum Gasteiger partial charge on any atom is -0.320 e. The molecule has 21 heavy (non-hydrogen) atoms. The van der Waals surface area contributed by atoms with Crippen LogP contribution in [0.15, 0.2) is 18.2 Å². The molecule has 1 nitrogen and oxygen atoms in total. The van der Waals surface area contributed by atoms with E-state index >= 15 is 0 Å². The lowest BCUT2D eigenvalue weighted by atomic mass is 9.84. The van der Waals surface area contributed by atoms with Crippen molar-refractivity contribution in [3.63, 3.8) is 0 Å². The molecule has 0 saturated carbocycles. The van der Waals surface area contributed by atoms with Crippen molar-refractivity contribution < 1.29 is 0 Å². The number of halogens is 2. The van der Waals surface area contributed by atoms with Crippen LogP contribution in [0.5, 0.6) is 0 Å². The first kappa shape index (κ1) is 16.4. The van der Waals surface area contributed by atoms with Gasteiger partial charge in [-0.05, 0) is 85.7 Å². The van der Waals surface area contributed by atoms with E-state index in [9.17, 15) is 0 Å². The first-order valence-electron chi connectivity index (χ1n) is 7.03. The Labute approximate surface area is 137 Å². The van der Waals surface area contributed by atoms with E-state index in [2.05, 4.69) is 34.6 Å². The number of hydrogen-bond acceptors (Lipinski definition) is 1. The Kier molecular flexibility index (Phi) is 4.67. The molecule has 0 spiro atoms. The van der Waals surface area contributed by atoms with Crippen molar-refractivity contribution in [1.82, 2.24) is 0 Å². The van der Waals surface area contributed by atoms with E-state index in [1.165, 1.54) is 33.4 Å². The summed E-state index contributed by atoms with van der Waals surface area (Å²) in [5, 5.41) is 1.24. The van der Waals surface area contributed by atoms with Crippen molar-refractivity contribution in [3.8, 4) is 0 Å². The molecule has 0 aliphatic rings. The van der Waals surface area contributed by atoms with Crippen LogP contribution in [0.1, 0.15) is 45.0 Å². The van der Waals surface area contributed by atoms with Crippen molar-refractivity contribution in [2.75, 3.05) is 0 Å². The Morgan fingerprint density at radius 1 is 0.810 bits per heavy atom. The van der Waals surface area contributed by atoms with E-state index in [1.807, 2.05) is 12.1 Å². The first-order chi connectivity index (χ1) is 9.75. The molecule has 3 heteroatoms. The Bertz CT molecular complexity index is 676. The number of rotatable bonds is 2. The van der Waals surface area contributed by atoms with Gasteiger partial charge in [-0.25, -0.2) is 0 Å². The van der Waals surface area contributed by atoms with E-state index in [0.29, 0.717) is 10.0 Å². The number of hydrogen-bond donors (Lipinski definition) is 1. The van der Waals surface area contributed by atoms with Gasteiger partial charge in [-0.2, -0.15) is 0 Å². The Morgan fingerprint density at radius 2 is 1.29 bits per heavy atom. The van der Waals surface area contributed by atoms with Gasteiger partial charge in [0.1, 0.15) is 0 Å². The Hall–Kier alpha value is -1.02. The molecule has 0 aromatic heterocycles. The average Bonchev–Trinajstić information content (AvgIpc) is 2.43. The molecular formula is C18H21Cl2N. The lowest BCUT2D eigenvalue weighted by molar-refractivity contribution is 0.843. The van der Waals surface area contributed by atoms with Crippen LogP contribution in [0.3, 0.4) is 0 Å². The molecule has 0 aliphatic carbocycles. The Balaban J connectivity index is 2.66. The van der Waals surface area contributed by atoms with Gasteiger partial charge in [-0.1, -0.05) is 29.3 Å². The molecule has 0 bridgehead atoms. The summed E-state index contributed by atoms with van der Waals surface area (Å²) in [5.74, 6) is 0. The summed E-state index contributed by atoms with van der Waals surface area (Å²) < 4.78 is 0. The van der Waals surface area contributed by atoms with Gasteiger partial charge in [-0.15, -0.1) is 0 Å². The van der Waals surface area contributed by atoms with E-state index in [0.717, 1.165) is 5.56 Å². The predicted octanol–water partition coefficient (Wildman–Crippen LogP) is 5.58. The molecule has 0 radical (unpaired) electrons. The molecule has 2 aromatic rings. The lowest BCUT2D eigenvalue weighted by Gasteiger charge is -2.24. The zero-order valence-corrected chi connectivity index (χ0v) is 14.7. The van der Waals surface area contributed by atoms with Gasteiger partial charge < -0.3 is 5.73 Å². The first-order valence-corrected chi connectivity index (χ1v) is 7.78. The summed E-state index contributed by atoms with van der Waals surface area (Å²) in [7, 11) is 0. The van der Waals surface area contributed by atoms with Crippen LogP contribution in [0.4, 0.5) is 0 Å². The second-order valence-electron chi connectivity index (χ2n) is 5.68. The monoisotopic (exact) mass is 321 g/mol. The average molecular weight is 322 g/mol. The topological polar surface area (TPSA) is 26.0 Å². The zero-order valence-electron chi connectivity index (χ0n) is 13.1. The summed E-state index contributed by atoms with van der Waals surface area (Å²) in [5.41, 5.74) is 15.0. The van der Waals surface area contributed by atoms with Crippen LogP contribution < -0.4 is 5.73 Å². The molecule has 0 aliphatic heterocycles. The molecule has 0 amide bonds. The van der Waals surface area contributed by atoms with E-state index in [-0.39, 0.29) is 6.04 Å². The van der Waals surface area contributed by atoms with Gasteiger partial charge in [0.15, 0.2) is 0 Å². The molecule has 1 atom stereocenters. The highest BCUT2D eigenvalue weighted by atomic mass is 35.5. The fraction of sp³-hybridized carbons (Fsp3) is 0.333. The molecule has 0 fully saturated rings. The van der Waals surface area contributed by atoms with Gasteiger partial charge in [0.05, 0.1) is 6.04 Å². The minimum atomic E-state index is -0.243. The lowest BCUT2D eigenvalue weighted by Crippen LogP contribution is -2.17. The third-order valence-corrected chi connectivity index (χ3v) is 5.23. The number of benzene rings is 2. The third kappa shape index (κ3) is 2.83. The van der Waals surface area contributed by atoms with Crippen molar-refractivity contribution in [2.45, 2.75) is 40.7 Å². The quantitative estimate of drug-likeness (QED) is 0.767. The maximum Gasteiger partial charge on any atom is 0.0571 e. The fourth-order valence-electron chi connectivity index (χ4n) is 2.90. The summed E-state index contributed by atoms with van der Waals surface area (Å²) in [4.78, 5) is 0. The SMILES string of the molecule is Cc1c(C)c(C)c(C(N)c2ccc(Cl)cc2Cl)c(C)c1C. The van der Waals surface area contributed by atoms with Crippen molar-refractivity contribution in [2.24, 2.45) is 5.73 Å². The van der Waals surface area contributed by atoms with Crippen LogP contribution in [0.2, 0.25) is 10.0 Å². The second-order valence-corrected chi connectivity index (χ2v) is 6.53. The molecular weight excluding hydrogens is 301 g/mol. The molecule has 112 valence electrons. The van der Waals surface area contributed by atoms with Gasteiger partial charge in [0, 0.05) is 10.0 Å². The van der Waals surface area contributed by atoms with E-state index in [1.54, 1.807) is 6.07 Å². The van der Waals surface area contributed by atoms with Gasteiger partial charge in [0.2, 0.25) is 0 Å². The standard InChI is InChI=1S/C18H21Cl2N/c1-9-10(2)12(4)17(13(5)11(9)3)18(21)15-7-6-14(19)8-16(15)20/h6-8,18H,21H2,1-5H3. The highest BCUT2D eigenvalue weighted by Crippen LogP contribution is 2.35. The molecule has 0 heterocycles. The molecule has 0 saturated heterocycles. The minimum absolute atomic E-state index is 0.243. The number of nitrogens with two attached hydrogens (primary N) is 1. The van der Waals surface area contributed by atoms with Gasteiger partial charge in [-0.3, -0.25) is 0 Å². The van der Waals surface area contributed by atoms with Crippen molar-refractivity contribution in [3.05, 3.63) is 67.2 Å². The maximum absolute atomic E-state index is 6.53. The molecule has 2 rings (SSSR count). The van der Waals surface area contributed by atoms with Gasteiger partial charge >= 0.3 is 0 Å². The van der Waals surface area contributed by atoms with Crippen molar-refractivity contribution in [1.29, 1.82) is 0 Å². The third-order valence-electron chi connectivity index (χ3n) is 4.67. The van der Waals surface area contributed by atoms with E-state index in [4.69, 9.17) is 28.9 Å². The predicted molar refractivity (Wildman–Crippen MR) is 92.6 cm³/mol. The van der Waals surface area contributed by atoms with Gasteiger partial charge in [0.25, 0.3) is 0 Å². The smallest absolute Gasteiger partial charge is 0.0571 e. The van der Waals surface area contributed by atoms with E-state index < -0.39 is 0 Å². The highest BCUT2D eigenvalue weighted by molar-refractivity contribution is 6.35. The van der Waals surface area contributed by atoms with Crippen LogP contribution in [0, 0.1) is 34.6 Å². The zero-order chi connectivity index (χ0) is 15.9. The summed E-state index contributed by atoms with van der Waals surface area (Å²) in [6, 6.07) is 5.25. The summed E-state index contributed by atoms with van der Waals surface area (Å²) in [6.45, 7) is 10.7.